The summed E-state index contributed by atoms with van der Waals surface area (Å²) in [7, 11) is 2.03. The first-order valence-electron chi connectivity index (χ1n) is 5.00. The van der Waals surface area contributed by atoms with Gasteiger partial charge >= 0.3 is 0 Å². The molecule has 1 aromatic heterocycles. The van der Waals surface area contributed by atoms with E-state index < -0.39 is 0 Å². The summed E-state index contributed by atoms with van der Waals surface area (Å²) in [5, 5.41) is 0.768. The zero-order valence-electron chi connectivity index (χ0n) is 9.17. The number of aromatic nitrogens is 2. The quantitative estimate of drug-likeness (QED) is 0.826. The molecule has 1 heterocycles. The van der Waals surface area contributed by atoms with E-state index in [9.17, 15) is 0 Å². The fourth-order valence-corrected chi connectivity index (χ4v) is 2.39. The summed E-state index contributed by atoms with van der Waals surface area (Å²) in [5.74, 6) is 1.01. The minimum atomic E-state index is 0.768. The van der Waals surface area contributed by atoms with E-state index in [0.29, 0.717) is 0 Å². The zero-order valence-corrected chi connectivity index (χ0v) is 11.5. The molecule has 0 bridgehead atoms. The van der Waals surface area contributed by atoms with Crippen molar-refractivity contribution in [2.45, 2.75) is 13.3 Å². The van der Waals surface area contributed by atoms with Crippen molar-refractivity contribution >= 4 is 27.5 Å². The minimum Gasteiger partial charge on any atom is -0.334 e. The van der Waals surface area contributed by atoms with Gasteiger partial charge in [-0.3, -0.25) is 0 Å². The van der Waals surface area contributed by atoms with Crippen LogP contribution in [0.1, 0.15) is 17.1 Å². The molecule has 0 radical (unpaired) electrons. The third kappa shape index (κ3) is 2.30. The first-order chi connectivity index (χ1) is 7.58. The number of rotatable bonds is 2. The highest BCUT2D eigenvalue weighted by molar-refractivity contribution is 9.10. The van der Waals surface area contributed by atoms with Crippen LogP contribution < -0.4 is 0 Å². The molecule has 0 fully saturated rings. The molecule has 2 nitrogen and oxygen atoms in total. The third-order valence-corrected chi connectivity index (χ3v) is 3.56. The van der Waals surface area contributed by atoms with Gasteiger partial charge in [0.05, 0.1) is 5.69 Å². The smallest absolute Gasteiger partial charge is 0.127 e. The Morgan fingerprint density at radius 1 is 1.31 bits per heavy atom. The summed E-state index contributed by atoms with van der Waals surface area (Å²) < 4.78 is 3.01. The Morgan fingerprint density at radius 3 is 2.44 bits per heavy atom. The highest BCUT2D eigenvalue weighted by Crippen LogP contribution is 2.20. The van der Waals surface area contributed by atoms with E-state index in [4.69, 9.17) is 11.6 Å². The number of hydrogen-bond acceptors (Lipinski definition) is 1. The molecule has 0 amide bonds. The average molecular weight is 300 g/mol. The van der Waals surface area contributed by atoms with Crippen LogP contribution in [0.25, 0.3) is 0 Å². The highest BCUT2D eigenvalue weighted by atomic mass is 79.9. The number of nitrogens with zero attached hydrogens (tertiary/aromatic N) is 2. The second-order valence-corrected chi connectivity index (χ2v) is 4.95. The summed E-state index contributed by atoms with van der Waals surface area (Å²) in [6, 6.07) is 7.90. The molecule has 84 valence electrons. The summed E-state index contributed by atoms with van der Waals surface area (Å²) >= 11 is 9.34. The lowest BCUT2D eigenvalue weighted by atomic mass is 10.1. The Labute approximate surface area is 108 Å². The van der Waals surface area contributed by atoms with Crippen LogP contribution in [0.5, 0.6) is 0 Å². The topological polar surface area (TPSA) is 17.8 Å². The second-order valence-electron chi connectivity index (χ2n) is 3.76. The van der Waals surface area contributed by atoms with E-state index in [1.807, 2.05) is 38.2 Å². The SMILES string of the molecule is Cc1nc(Br)c(Cc2ccc(Cl)cc2)n1C. The fourth-order valence-electron chi connectivity index (χ4n) is 1.60. The Morgan fingerprint density at radius 2 is 1.94 bits per heavy atom. The van der Waals surface area contributed by atoms with Gasteiger partial charge in [-0.15, -0.1) is 0 Å². The monoisotopic (exact) mass is 298 g/mol. The van der Waals surface area contributed by atoms with Crippen LogP contribution in [0.15, 0.2) is 28.9 Å². The first kappa shape index (κ1) is 11.7. The van der Waals surface area contributed by atoms with Crippen molar-refractivity contribution in [2.24, 2.45) is 7.05 Å². The van der Waals surface area contributed by atoms with Gasteiger partial charge in [-0.2, -0.15) is 0 Å². The van der Waals surface area contributed by atoms with E-state index in [-0.39, 0.29) is 0 Å². The molecule has 0 saturated carbocycles. The molecule has 16 heavy (non-hydrogen) atoms. The summed E-state index contributed by atoms with van der Waals surface area (Å²) in [4.78, 5) is 4.38. The second kappa shape index (κ2) is 4.60. The van der Waals surface area contributed by atoms with Crippen LogP contribution >= 0.6 is 27.5 Å². The highest BCUT2D eigenvalue weighted by Gasteiger charge is 2.10. The van der Waals surface area contributed by atoms with Gasteiger partial charge in [0, 0.05) is 18.5 Å². The molecule has 0 spiro atoms. The lowest BCUT2D eigenvalue weighted by Crippen LogP contribution is -1.99. The van der Waals surface area contributed by atoms with Gasteiger partial charge in [-0.1, -0.05) is 23.7 Å². The van der Waals surface area contributed by atoms with Gasteiger partial charge in [0.15, 0.2) is 0 Å². The molecule has 0 saturated heterocycles. The van der Waals surface area contributed by atoms with Crippen LogP contribution in [-0.2, 0) is 13.5 Å². The standard InChI is InChI=1S/C12H12BrClN2/c1-8-15-12(13)11(16(8)2)7-9-3-5-10(14)6-4-9/h3-6H,7H2,1-2H3. The van der Waals surface area contributed by atoms with Gasteiger partial charge in [0.1, 0.15) is 10.4 Å². The predicted molar refractivity (Wildman–Crippen MR) is 69.9 cm³/mol. The molecule has 2 aromatic rings. The van der Waals surface area contributed by atoms with Crippen LogP contribution in [-0.4, -0.2) is 9.55 Å². The van der Waals surface area contributed by atoms with Crippen molar-refractivity contribution in [3.8, 4) is 0 Å². The van der Waals surface area contributed by atoms with Gasteiger partial charge < -0.3 is 4.57 Å². The number of halogens is 2. The number of imidazole rings is 1. The molecule has 4 heteroatoms. The van der Waals surface area contributed by atoms with Crippen molar-refractivity contribution < 1.29 is 0 Å². The van der Waals surface area contributed by atoms with E-state index in [0.717, 1.165) is 21.9 Å². The third-order valence-electron chi connectivity index (χ3n) is 2.67. The van der Waals surface area contributed by atoms with Crippen LogP contribution in [0.4, 0.5) is 0 Å². The van der Waals surface area contributed by atoms with Gasteiger partial charge in [-0.05, 0) is 40.5 Å². The first-order valence-corrected chi connectivity index (χ1v) is 6.17. The summed E-state index contributed by atoms with van der Waals surface area (Å²) in [5.41, 5.74) is 2.41. The molecule has 0 atom stereocenters. The van der Waals surface area contributed by atoms with E-state index >= 15 is 0 Å². The van der Waals surface area contributed by atoms with Crippen molar-refractivity contribution in [3.63, 3.8) is 0 Å². The summed E-state index contributed by atoms with van der Waals surface area (Å²) in [6.07, 6.45) is 0.856. The van der Waals surface area contributed by atoms with Crippen molar-refractivity contribution in [2.75, 3.05) is 0 Å². The summed E-state index contributed by atoms with van der Waals surface area (Å²) in [6.45, 7) is 2.00. The molecule has 0 unspecified atom stereocenters. The minimum absolute atomic E-state index is 0.768. The van der Waals surface area contributed by atoms with Crippen molar-refractivity contribution in [1.82, 2.24) is 9.55 Å². The van der Waals surface area contributed by atoms with Crippen LogP contribution in [0.3, 0.4) is 0 Å². The maximum absolute atomic E-state index is 5.85. The predicted octanol–water partition coefficient (Wildman–Crippen LogP) is 3.74. The Bertz CT molecular complexity index is 502. The van der Waals surface area contributed by atoms with E-state index in [1.54, 1.807) is 0 Å². The lowest BCUT2D eigenvalue weighted by molar-refractivity contribution is 0.805. The molecule has 0 aliphatic heterocycles. The average Bonchev–Trinajstić information content (AvgIpc) is 2.48. The van der Waals surface area contributed by atoms with Crippen molar-refractivity contribution in [3.05, 3.63) is 51.0 Å². The molecular weight excluding hydrogens is 288 g/mol. The van der Waals surface area contributed by atoms with Crippen molar-refractivity contribution in [1.29, 1.82) is 0 Å². The van der Waals surface area contributed by atoms with E-state index in [2.05, 4.69) is 25.5 Å². The Kier molecular flexibility index (Phi) is 3.36. The fraction of sp³-hybridized carbons (Fsp3) is 0.250. The molecule has 0 aliphatic carbocycles. The molecule has 1 aromatic carbocycles. The molecule has 0 aliphatic rings. The zero-order chi connectivity index (χ0) is 11.7. The maximum Gasteiger partial charge on any atom is 0.127 e. The number of aryl methyl sites for hydroxylation is 1. The number of hydrogen-bond donors (Lipinski definition) is 0. The van der Waals surface area contributed by atoms with E-state index in [1.165, 1.54) is 11.3 Å². The lowest BCUT2D eigenvalue weighted by Gasteiger charge is -2.04. The molecule has 0 N–H and O–H groups in total. The number of benzene rings is 1. The van der Waals surface area contributed by atoms with Gasteiger partial charge in [0.2, 0.25) is 0 Å². The molecule has 2 rings (SSSR count). The largest absolute Gasteiger partial charge is 0.334 e. The van der Waals surface area contributed by atoms with Gasteiger partial charge in [-0.25, -0.2) is 4.98 Å². The normalized spacial score (nSPS) is 10.8. The van der Waals surface area contributed by atoms with Gasteiger partial charge in [0.25, 0.3) is 0 Å². The molecular formula is C12H12BrClN2. The van der Waals surface area contributed by atoms with Crippen LogP contribution in [0, 0.1) is 6.92 Å². The Balaban J connectivity index is 2.30. The maximum atomic E-state index is 5.85. The Hall–Kier alpha value is -0.800. The van der Waals surface area contributed by atoms with Crippen LogP contribution in [0.2, 0.25) is 5.02 Å².